The van der Waals surface area contributed by atoms with Crippen molar-refractivity contribution in [2.75, 3.05) is 27.3 Å². The summed E-state index contributed by atoms with van der Waals surface area (Å²) in [6, 6.07) is 6.94. The normalized spacial score (nSPS) is 17.6. The summed E-state index contributed by atoms with van der Waals surface area (Å²) in [6.45, 7) is 1.03. The molecular weight excluding hydrogens is 360 g/mol. The third-order valence-corrected chi connectivity index (χ3v) is 5.47. The Hall–Kier alpha value is -3.09. The summed E-state index contributed by atoms with van der Waals surface area (Å²) in [6.07, 6.45) is 4.66. The van der Waals surface area contributed by atoms with Gasteiger partial charge in [-0.25, -0.2) is 0 Å². The Morgan fingerprint density at radius 3 is 2.61 bits per heavy atom. The van der Waals surface area contributed by atoms with Crippen LogP contribution in [0.5, 0.6) is 17.2 Å². The first-order chi connectivity index (χ1) is 13.6. The van der Waals surface area contributed by atoms with E-state index in [4.69, 9.17) is 14.2 Å². The van der Waals surface area contributed by atoms with Crippen molar-refractivity contribution in [3.05, 3.63) is 47.8 Å². The molecule has 0 atom stereocenters. The van der Waals surface area contributed by atoms with Gasteiger partial charge in [0.25, 0.3) is 5.91 Å². The van der Waals surface area contributed by atoms with Crippen molar-refractivity contribution in [1.29, 1.82) is 0 Å². The fourth-order valence-corrected chi connectivity index (χ4v) is 3.93. The van der Waals surface area contributed by atoms with Gasteiger partial charge in [-0.15, -0.1) is 0 Å². The molecule has 1 fully saturated rings. The van der Waals surface area contributed by atoms with E-state index in [1.165, 1.54) is 7.11 Å². The maximum atomic E-state index is 12.8. The lowest BCUT2D eigenvalue weighted by molar-refractivity contribution is -0.00746. The summed E-state index contributed by atoms with van der Waals surface area (Å²) >= 11 is 0. The summed E-state index contributed by atoms with van der Waals surface area (Å²) in [5.74, 6) is 1.36. The molecule has 0 bridgehead atoms. The number of methoxy groups -OCH3 is 2. The highest BCUT2D eigenvalue weighted by atomic mass is 16.5. The van der Waals surface area contributed by atoms with Gasteiger partial charge in [-0.2, -0.15) is 0 Å². The molecule has 146 valence electrons. The number of nitrogens with zero attached hydrogens (tertiary/aromatic N) is 2. The van der Waals surface area contributed by atoms with E-state index < -0.39 is 5.60 Å². The van der Waals surface area contributed by atoms with E-state index in [0.29, 0.717) is 60.7 Å². The molecule has 7 heteroatoms. The van der Waals surface area contributed by atoms with Gasteiger partial charge in [-0.3, -0.25) is 14.6 Å². The average molecular weight is 382 g/mol. The lowest BCUT2D eigenvalue weighted by atomic mass is 9.82. The predicted octanol–water partition coefficient (Wildman–Crippen LogP) is 2.74. The Morgan fingerprint density at radius 2 is 1.96 bits per heavy atom. The second-order valence-corrected chi connectivity index (χ2v) is 7.10. The van der Waals surface area contributed by atoms with Crippen LogP contribution in [0.25, 0.3) is 0 Å². The third kappa shape index (κ3) is 3.06. The minimum atomic E-state index is -0.630. The second-order valence-electron chi connectivity index (χ2n) is 7.10. The molecule has 0 aliphatic carbocycles. The fraction of sp³-hybridized carbons (Fsp3) is 0.381. The number of benzene rings is 1. The molecule has 3 heterocycles. The Bertz CT molecular complexity index is 905. The Balaban J connectivity index is 1.55. The Labute approximate surface area is 163 Å². The first kappa shape index (κ1) is 18.3. The number of Topliss-reactive ketones (excluding diaryl/α,β-unsaturated/α-hetero) is 1. The number of carbonyl (C=O) groups excluding carboxylic acids is 2. The second kappa shape index (κ2) is 7.14. The highest BCUT2D eigenvalue weighted by Gasteiger charge is 2.45. The highest BCUT2D eigenvalue weighted by Crippen LogP contribution is 2.47. The van der Waals surface area contributed by atoms with Gasteiger partial charge in [-0.1, -0.05) is 0 Å². The molecule has 0 saturated carbocycles. The van der Waals surface area contributed by atoms with E-state index >= 15 is 0 Å². The smallest absolute Gasteiger partial charge is 0.255 e. The zero-order chi connectivity index (χ0) is 19.7. The number of amides is 1. The SMILES string of the molecule is COc1ccc2c(c1OC)OC1(CCN(C(=O)c3cccnc3)CC1)CC2=O. The zero-order valence-electron chi connectivity index (χ0n) is 15.9. The number of ether oxygens (including phenoxy) is 3. The van der Waals surface area contributed by atoms with Gasteiger partial charge >= 0.3 is 0 Å². The highest BCUT2D eigenvalue weighted by molar-refractivity contribution is 6.01. The van der Waals surface area contributed by atoms with Gasteiger partial charge in [0.1, 0.15) is 5.60 Å². The van der Waals surface area contributed by atoms with Gasteiger partial charge in [-0.05, 0) is 24.3 Å². The van der Waals surface area contributed by atoms with Crippen LogP contribution in [-0.4, -0.2) is 54.5 Å². The number of hydrogen-bond acceptors (Lipinski definition) is 6. The van der Waals surface area contributed by atoms with Crippen molar-refractivity contribution in [1.82, 2.24) is 9.88 Å². The number of piperidine rings is 1. The molecule has 2 aliphatic heterocycles. The maximum Gasteiger partial charge on any atom is 0.255 e. The quantitative estimate of drug-likeness (QED) is 0.812. The molecule has 28 heavy (non-hydrogen) atoms. The summed E-state index contributed by atoms with van der Waals surface area (Å²) in [4.78, 5) is 31.3. The lowest BCUT2D eigenvalue weighted by Crippen LogP contribution is -2.52. The number of carbonyl (C=O) groups is 2. The topological polar surface area (TPSA) is 78.0 Å². The van der Waals surface area contributed by atoms with Crippen molar-refractivity contribution in [3.63, 3.8) is 0 Å². The maximum absolute atomic E-state index is 12.8. The Kier molecular flexibility index (Phi) is 4.66. The monoisotopic (exact) mass is 382 g/mol. The van der Waals surface area contributed by atoms with Crippen LogP contribution < -0.4 is 14.2 Å². The van der Waals surface area contributed by atoms with E-state index in [1.54, 1.807) is 48.7 Å². The number of fused-ring (bicyclic) bond motifs is 1. The van der Waals surface area contributed by atoms with Crippen LogP contribution in [0.2, 0.25) is 0 Å². The number of pyridine rings is 1. The largest absolute Gasteiger partial charge is 0.493 e. The summed E-state index contributed by atoms with van der Waals surface area (Å²) in [5.41, 5.74) is 0.447. The van der Waals surface area contributed by atoms with Gasteiger partial charge in [0, 0.05) is 38.3 Å². The predicted molar refractivity (Wildman–Crippen MR) is 101 cm³/mol. The Morgan fingerprint density at radius 1 is 1.18 bits per heavy atom. The molecule has 0 N–H and O–H groups in total. The van der Waals surface area contributed by atoms with Gasteiger partial charge < -0.3 is 19.1 Å². The van der Waals surface area contributed by atoms with Crippen molar-refractivity contribution in [2.24, 2.45) is 0 Å². The average Bonchev–Trinajstić information content (AvgIpc) is 2.73. The minimum absolute atomic E-state index is 0.0224. The zero-order valence-corrected chi connectivity index (χ0v) is 15.9. The lowest BCUT2D eigenvalue weighted by Gasteiger charge is -2.44. The van der Waals surface area contributed by atoms with Crippen molar-refractivity contribution < 1.29 is 23.8 Å². The van der Waals surface area contributed by atoms with E-state index in [9.17, 15) is 9.59 Å². The van der Waals surface area contributed by atoms with Crippen molar-refractivity contribution in [3.8, 4) is 17.2 Å². The molecule has 4 rings (SSSR count). The molecule has 7 nitrogen and oxygen atoms in total. The number of ketones is 1. The summed E-state index contributed by atoms with van der Waals surface area (Å²) in [7, 11) is 3.08. The summed E-state index contributed by atoms with van der Waals surface area (Å²) in [5, 5.41) is 0. The number of hydrogen-bond donors (Lipinski definition) is 0. The van der Waals surface area contributed by atoms with E-state index in [-0.39, 0.29) is 11.7 Å². The molecule has 2 aliphatic rings. The van der Waals surface area contributed by atoms with Crippen LogP contribution in [0.3, 0.4) is 0 Å². The molecule has 0 radical (unpaired) electrons. The van der Waals surface area contributed by atoms with Gasteiger partial charge in [0.05, 0.1) is 31.8 Å². The van der Waals surface area contributed by atoms with Crippen molar-refractivity contribution in [2.45, 2.75) is 24.9 Å². The molecule has 1 spiro atoms. The molecule has 1 saturated heterocycles. The van der Waals surface area contributed by atoms with Gasteiger partial charge in [0.2, 0.25) is 5.75 Å². The molecule has 2 aromatic rings. The summed E-state index contributed by atoms with van der Waals surface area (Å²) < 4.78 is 17.1. The van der Waals surface area contributed by atoms with E-state index in [1.807, 2.05) is 0 Å². The van der Waals surface area contributed by atoms with Gasteiger partial charge in [0.15, 0.2) is 17.3 Å². The standard InChI is InChI=1S/C21H22N2O5/c1-26-17-6-5-15-16(24)12-21(28-18(15)19(17)27-2)7-10-23(11-8-21)20(25)14-4-3-9-22-13-14/h3-6,9,13H,7-8,10-12H2,1-2H3. The number of rotatable bonds is 3. The van der Waals surface area contributed by atoms with Crippen LogP contribution in [-0.2, 0) is 0 Å². The van der Waals surface area contributed by atoms with E-state index in [0.717, 1.165) is 0 Å². The molecule has 1 aromatic heterocycles. The molecule has 0 unspecified atom stereocenters. The van der Waals surface area contributed by atoms with Crippen LogP contribution in [0.15, 0.2) is 36.7 Å². The number of aromatic nitrogens is 1. The molecule has 1 amide bonds. The minimum Gasteiger partial charge on any atom is -0.493 e. The van der Waals surface area contributed by atoms with Crippen molar-refractivity contribution >= 4 is 11.7 Å². The first-order valence-electron chi connectivity index (χ1n) is 9.23. The first-order valence-corrected chi connectivity index (χ1v) is 9.23. The molecular formula is C21H22N2O5. The number of likely N-dealkylation sites (tertiary alicyclic amines) is 1. The van der Waals surface area contributed by atoms with E-state index in [2.05, 4.69) is 4.98 Å². The molecule has 1 aromatic carbocycles. The van der Waals surface area contributed by atoms with Crippen LogP contribution >= 0.6 is 0 Å². The third-order valence-electron chi connectivity index (χ3n) is 5.47. The van der Waals surface area contributed by atoms with Crippen LogP contribution in [0.1, 0.15) is 40.0 Å². The van der Waals surface area contributed by atoms with Crippen LogP contribution in [0, 0.1) is 0 Å². The van der Waals surface area contributed by atoms with Crippen LogP contribution in [0.4, 0.5) is 0 Å². The fourth-order valence-electron chi connectivity index (χ4n) is 3.93.